The lowest BCUT2D eigenvalue weighted by molar-refractivity contribution is 0.00353. The lowest BCUT2D eigenvalue weighted by atomic mass is 9.98. The second-order valence-electron chi connectivity index (χ2n) is 4.16. The van der Waals surface area contributed by atoms with Crippen molar-refractivity contribution in [1.29, 1.82) is 5.26 Å². The molecule has 1 fully saturated rings. The Morgan fingerprint density at radius 2 is 2.00 bits per heavy atom. The molecule has 0 amide bonds. The van der Waals surface area contributed by atoms with Gasteiger partial charge in [0.2, 0.25) is 0 Å². The van der Waals surface area contributed by atoms with Crippen molar-refractivity contribution in [3.8, 4) is 6.07 Å². The molecule has 3 nitrogen and oxygen atoms in total. The molecule has 1 aliphatic carbocycles. The molecule has 0 spiro atoms. The van der Waals surface area contributed by atoms with Crippen molar-refractivity contribution in [2.75, 3.05) is 5.06 Å². The van der Waals surface area contributed by atoms with Crippen molar-refractivity contribution >= 4 is 5.69 Å². The minimum atomic E-state index is 0.223. The van der Waals surface area contributed by atoms with Gasteiger partial charge in [0.15, 0.2) is 0 Å². The Balaban J connectivity index is 1.88. The van der Waals surface area contributed by atoms with Crippen LogP contribution in [0.5, 0.6) is 0 Å². The molecule has 3 heteroatoms. The van der Waals surface area contributed by atoms with Crippen LogP contribution in [0.4, 0.5) is 5.69 Å². The van der Waals surface area contributed by atoms with Gasteiger partial charge in [0.25, 0.3) is 0 Å². The highest BCUT2D eigenvalue weighted by molar-refractivity contribution is 5.50. The maximum absolute atomic E-state index is 8.74. The number of hydrogen-bond donors (Lipinski definition) is 0. The van der Waals surface area contributed by atoms with Gasteiger partial charge in [-0.3, -0.25) is 4.84 Å². The lowest BCUT2D eigenvalue weighted by Crippen LogP contribution is -2.45. The summed E-state index contributed by atoms with van der Waals surface area (Å²) in [5.41, 5.74) is 1.71. The van der Waals surface area contributed by atoms with Gasteiger partial charge in [-0.1, -0.05) is 12.2 Å². The summed E-state index contributed by atoms with van der Waals surface area (Å²) in [4.78, 5) is 5.81. The number of benzene rings is 1. The molecule has 0 radical (unpaired) electrons. The Kier molecular flexibility index (Phi) is 2.16. The van der Waals surface area contributed by atoms with Gasteiger partial charge in [0.1, 0.15) is 6.10 Å². The van der Waals surface area contributed by atoms with E-state index in [2.05, 4.69) is 18.2 Å². The van der Waals surface area contributed by atoms with Crippen molar-refractivity contribution in [1.82, 2.24) is 0 Å². The Labute approximate surface area is 94.5 Å². The smallest absolute Gasteiger partial charge is 0.104 e. The van der Waals surface area contributed by atoms with Gasteiger partial charge >= 0.3 is 0 Å². The third-order valence-electron chi connectivity index (χ3n) is 3.10. The first-order valence-electron chi connectivity index (χ1n) is 5.51. The summed E-state index contributed by atoms with van der Waals surface area (Å²) in [6, 6.07) is 9.99. The zero-order chi connectivity index (χ0) is 11.0. The van der Waals surface area contributed by atoms with E-state index >= 15 is 0 Å². The van der Waals surface area contributed by atoms with E-state index in [4.69, 9.17) is 10.1 Å². The second-order valence-corrected chi connectivity index (χ2v) is 4.16. The first-order valence-corrected chi connectivity index (χ1v) is 5.51. The summed E-state index contributed by atoms with van der Waals surface area (Å²) in [7, 11) is 0. The predicted molar refractivity (Wildman–Crippen MR) is 60.7 cm³/mol. The maximum Gasteiger partial charge on any atom is 0.104 e. The monoisotopic (exact) mass is 212 g/mol. The first-order chi connectivity index (χ1) is 7.86. The normalized spacial score (nSPS) is 26.8. The predicted octanol–water partition coefficient (Wildman–Crippen LogP) is 2.40. The molecule has 0 saturated carbocycles. The standard InChI is InChI=1S/C13H12N2O/c14-9-10-1-3-11(4-2-10)15-12-5-7-13(16-15)8-6-12/h1-5,7,12-13H,6,8H2. The molecule has 0 N–H and O–H groups in total. The highest BCUT2D eigenvalue weighted by atomic mass is 16.7. The van der Waals surface area contributed by atoms with Crippen molar-refractivity contribution in [2.45, 2.75) is 25.0 Å². The third kappa shape index (κ3) is 1.48. The van der Waals surface area contributed by atoms with Crippen LogP contribution in [0.2, 0.25) is 0 Å². The Morgan fingerprint density at radius 1 is 1.19 bits per heavy atom. The largest absolute Gasteiger partial charge is 0.265 e. The minimum Gasteiger partial charge on any atom is -0.265 e. The number of nitrogens with zero attached hydrogens (tertiary/aromatic N) is 2. The number of nitriles is 1. The zero-order valence-electron chi connectivity index (χ0n) is 8.84. The van der Waals surface area contributed by atoms with E-state index in [1.807, 2.05) is 29.3 Å². The molecule has 1 aromatic rings. The van der Waals surface area contributed by atoms with Crippen molar-refractivity contribution in [3.63, 3.8) is 0 Å². The zero-order valence-corrected chi connectivity index (χ0v) is 8.84. The molecule has 1 aromatic carbocycles. The highest BCUT2D eigenvalue weighted by Crippen LogP contribution is 2.31. The topological polar surface area (TPSA) is 36.3 Å². The first kappa shape index (κ1) is 9.44. The van der Waals surface area contributed by atoms with Gasteiger partial charge in [0, 0.05) is 0 Å². The SMILES string of the molecule is N#Cc1ccc(N2OC3C=CC2CC3)cc1. The van der Waals surface area contributed by atoms with E-state index in [1.165, 1.54) is 0 Å². The summed E-state index contributed by atoms with van der Waals surface area (Å²) in [6.45, 7) is 0. The maximum atomic E-state index is 8.74. The Morgan fingerprint density at radius 3 is 2.50 bits per heavy atom. The van der Waals surface area contributed by atoms with Crippen LogP contribution in [-0.2, 0) is 4.84 Å². The average Bonchev–Trinajstić information content (AvgIpc) is 2.40. The summed E-state index contributed by atoms with van der Waals surface area (Å²) in [5.74, 6) is 0. The summed E-state index contributed by atoms with van der Waals surface area (Å²) in [5, 5.41) is 10.7. The van der Waals surface area contributed by atoms with Gasteiger partial charge in [-0.25, -0.2) is 5.06 Å². The van der Waals surface area contributed by atoms with E-state index in [0.717, 1.165) is 18.5 Å². The quantitative estimate of drug-likeness (QED) is 0.671. The van der Waals surface area contributed by atoms with Gasteiger partial charge in [0.05, 0.1) is 23.4 Å². The molecule has 1 saturated heterocycles. The number of hydroxylamine groups is 1. The fourth-order valence-electron chi connectivity index (χ4n) is 2.22. The van der Waals surface area contributed by atoms with Gasteiger partial charge < -0.3 is 0 Å². The molecule has 2 aliphatic heterocycles. The van der Waals surface area contributed by atoms with Crippen LogP contribution in [0, 0.1) is 11.3 Å². The molecule has 16 heavy (non-hydrogen) atoms. The van der Waals surface area contributed by atoms with E-state index in [1.54, 1.807) is 0 Å². The molecular formula is C13H12N2O. The Hall–Kier alpha value is -1.79. The number of rotatable bonds is 1. The number of fused-ring (bicyclic) bond motifs is 2. The van der Waals surface area contributed by atoms with Crippen LogP contribution >= 0.6 is 0 Å². The van der Waals surface area contributed by atoms with E-state index in [0.29, 0.717) is 11.6 Å². The minimum absolute atomic E-state index is 0.223. The van der Waals surface area contributed by atoms with Crippen LogP contribution in [-0.4, -0.2) is 12.1 Å². The van der Waals surface area contributed by atoms with Crippen molar-refractivity contribution in [2.24, 2.45) is 0 Å². The lowest BCUT2D eigenvalue weighted by Gasteiger charge is -2.41. The van der Waals surface area contributed by atoms with Crippen LogP contribution in [0.3, 0.4) is 0 Å². The van der Waals surface area contributed by atoms with Gasteiger partial charge in [-0.15, -0.1) is 0 Å². The van der Waals surface area contributed by atoms with E-state index in [-0.39, 0.29) is 6.10 Å². The molecule has 3 aliphatic rings. The van der Waals surface area contributed by atoms with E-state index in [9.17, 15) is 0 Å². The summed E-state index contributed by atoms with van der Waals surface area (Å²) < 4.78 is 0. The Bertz CT molecular complexity index is 458. The molecule has 80 valence electrons. The molecular weight excluding hydrogens is 200 g/mol. The summed E-state index contributed by atoms with van der Waals surface area (Å²) in [6.07, 6.45) is 6.81. The molecule has 2 bridgehead atoms. The van der Waals surface area contributed by atoms with Gasteiger partial charge in [-0.2, -0.15) is 5.26 Å². The van der Waals surface area contributed by atoms with Crippen LogP contribution < -0.4 is 5.06 Å². The molecule has 4 rings (SSSR count). The van der Waals surface area contributed by atoms with Crippen molar-refractivity contribution < 1.29 is 4.84 Å². The molecule has 2 atom stereocenters. The fraction of sp³-hybridized carbons (Fsp3) is 0.308. The highest BCUT2D eigenvalue weighted by Gasteiger charge is 2.30. The molecule has 2 heterocycles. The molecule has 0 aromatic heterocycles. The molecule has 2 unspecified atom stereocenters. The van der Waals surface area contributed by atoms with Crippen LogP contribution in [0.15, 0.2) is 36.4 Å². The van der Waals surface area contributed by atoms with Gasteiger partial charge in [-0.05, 0) is 37.1 Å². The second kappa shape index (κ2) is 3.66. The van der Waals surface area contributed by atoms with E-state index < -0.39 is 0 Å². The average molecular weight is 212 g/mol. The van der Waals surface area contributed by atoms with Crippen LogP contribution in [0.1, 0.15) is 18.4 Å². The third-order valence-corrected chi connectivity index (χ3v) is 3.10. The number of hydrogen-bond acceptors (Lipinski definition) is 3. The van der Waals surface area contributed by atoms with Crippen molar-refractivity contribution in [3.05, 3.63) is 42.0 Å². The number of anilines is 1. The van der Waals surface area contributed by atoms with Crippen LogP contribution in [0.25, 0.3) is 0 Å². The summed E-state index contributed by atoms with van der Waals surface area (Å²) >= 11 is 0. The fourth-order valence-corrected chi connectivity index (χ4v) is 2.22.